The van der Waals surface area contributed by atoms with Crippen molar-refractivity contribution in [3.63, 3.8) is 0 Å². The number of benzene rings is 1. The standard InChI is InChI=1S/C12H15NO2/c14-12(10-4-2-1-3-5-10)13-11-6-8-15-9-7-11/h1-5,11H,6-9H2,(H,13,14). The van der Waals surface area contributed by atoms with Crippen LogP contribution in [0.4, 0.5) is 0 Å². The number of hydrogen-bond donors (Lipinski definition) is 1. The van der Waals surface area contributed by atoms with Crippen LogP contribution < -0.4 is 5.32 Å². The van der Waals surface area contributed by atoms with E-state index in [1.807, 2.05) is 30.3 Å². The fraction of sp³-hybridized carbons (Fsp3) is 0.417. The first-order chi connectivity index (χ1) is 7.36. The van der Waals surface area contributed by atoms with E-state index in [0.29, 0.717) is 0 Å². The van der Waals surface area contributed by atoms with E-state index in [9.17, 15) is 4.79 Å². The summed E-state index contributed by atoms with van der Waals surface area (Å²) in [6, 6.07) is 9.58. The van der Waals surface area contributed by atoms with Crippen LogP contribution in [0, 0.1) is 0 Å². The van der Waals surface area contributed by atoms with Gasteiger partial charge in [0.1, 0.15) is 0 Å². The van der Waals surface area contributed by atoms with Crippen molar-refractivity contribution in [2.45, 2.75) is 18.9 Å². The van der Waals surface area contributed by atoms with E-state index in [-0.39, 0.29) is 11.9 Å². The Morgan fingerprint density at radius 1 is 1.20 bits per heavy atom. The summed E-state index contributed by atoms with van der Waals surface area (Å²) in [7, 11) is 0. The molecule has 1 amide bonds. The molecule has 80 valence electrons. The van der Waals surface area contributed by atoms with Crippen LogP contribution in [-0.4, -0.2) is 25.2 Å². The Labute approximate surface area is 89.4 Å². The molecule has 1 aromatic carbocycles. The Kier molecular flexibility index (Phi) is 3.35. The van der Waals surface area contributed by atoms with Gasteiger partial charge in [0.15, 0.2) is 0 Å². The maximum Gasteiger partial charge on any atom is 0.251 e. The van der Waals surface area contributed by atoms with E-state index >= 15 is 0 Å². The van der Waals surface area contributed by atoms with E-state index < -0.39 is 0 Å². The van der Waals surface area contributed by atoms with Crippen molar-refractivity contribution in [3.8, 4) is 0 Å². The molecule has 3 nitrogen and oxygen atoms in total. The Morgan fingerprint density at radius 3 is 2.53 bits per heavy atom. The SMILES string of the molecule is O=C(NC1CCOCC1)c1ccccc1. The Morgan fingerprint density at radius 2 is 1.87 bits per heavy atom. The van der Waals surface area contributed by atoms with Gasteiger partial charge in [-0.2, -0.15) is 0 Å². The van der Waals surface area contributed by atoms with Crippen LogP contribution in [0.15, 0.2) is 30.3 Å². The zero-order chi connectivity index (χ0) is 10.5. The minimum Gasteiger partial charge on any atom is -0.381 e. The number of amides is 1. The van der Waals surface area contributed by atoms with Gasteiger partial charge in [0.25, 0.3) is 5.91 Å². The quantitative estimate of drug-likeness (QED) is 0.796. The third kappa shape index (κ3) is 2.80. The topological polar surface area (TPSA) is 38.3 Å². The van der Waals surface area contributed by atoms with E-state index in [1.54, 1.807) is 0 Å². The molecule has 1 aliphatic heterocycles. The van der Waals surface area contributed by atoms with Crippen molar-refractivity contribution in [2.75, 3.05) is 13.2 Å². The zero-order valence-electron chi connectivity index (χ0n) is 8.61. The predicted molar refractivity (Wildman–Crippen MR) is 57.7 cm³/mol. The second kappa shape index (κ2) is 4.94. The smallest absolute Gasteiger partial charge is 0.251 e. The number of carbonyl (C=O) groups is 1. The summed E-state index contributed by atoms with van der Waals surface area (Å²) in [5, 5.41) is 3.02. The lowest BCUT2D eigenvalue weighted by molar-refractivity contribution is 0.0696. The van der Waals surface area contributed by atoms with E-state index in [4.69, 9.17) is 4.74 Å². The summed E-state index contributed by atoms with van der Waals surface area (Å²) >= 11 is 0. The largest absolute Gasteiger partial charge is 0.381 e. The lowest BCUT2D eigenvalue weighted by Crippen LogP contribution is -2.38. The Balaban J connectivity index is 1.91. The molecular weight excluding hydrogens is 190 g/mol. The summed E-state index contributed by atoms with van der Waals surface area (Å²) in [6.07, 6.45) is 1.83. The maximum atomic E-state index is 11.8. The minimum absolute atomic E-state index is 0.0162. The summed E-state index contributed by atoms with van der Waals surface area (Å²) in [5.41, 5.74) is 0.726. The average Bonchev–Trinajstić information content (AvgIpc) is 2.31. The number of ether oxygens (including phenoxy) is 1. The molecule has 1 N–H and O–H groups in total. The fourth-order valence-electron chi connectivity index (χ4n) is 1.70. The highest BCUT2D eigenvalue weighted by atomic mass is 16.5. The summed E-state index contributed by atoms with van der Waals surface area (Å²) in [5.74, 6) is 0.0162. The molecule has 3 heteroatoms. The molecule has 0 atom stereocenters. The first kappa shape index (κ1) is 10.2. The van der Waals surface area contributed by atoms with Crippen molar-refractivity contribution in [3.05, 3.63) is 35.9 Å². The predicted octanol–water partition coefficient (Wildman–Crippen LogP) is 1.60. The first-order valence-corrected chi connectivity index (χ1v) is 5.30. The van der Waals surface area contributed by atoms with Crippen molar-refractivity contribution < 1.29 is 9.53 Å². The molecule has 1 aliphatic rings. The van der Waals surface area contributed by atoms with Crippen molar-refractivity contribution in [1.29, 1.82) is 0 Å². The molecule has 0 bridgehead atoms. The van der Waals surface area contributed by atoms with E-state index in [1.165, 1.54) is 0 Å². The summed E-state index contributed by atoms with van der Waals surface area (Å²) in [6.45, 7) is 1.50. The number of hydrogen-bond acceptors (Lipinski definition) is 2. The molecule has 1 aromatic rings. The van der Waals surface area contributed by atoms with Gasteiger partial charge in [0.2, 0.25) is 0 Å². The average molecular weight is 205 g/mol. The van der Waals surface area contributed by atoms with Crippen LogP contribution in [0.1, 0.15) is 23.2 Å². The van der Waals surface area contributed by atoms with Gasteiger partial charge >= 0.3 is 0 Å². The molecule has 0 aromatic heterocycles. The maximum absolute atomic E-state index is 11.8. The fourth-order valence-corrected chi connectivity index (χ4v) is 1.70. The van der Waals surface area contributed by atoms with Crippen LogP contribution in [-0.2, 0) is 4.74 Å². The number of nitrogens with one attached hydrogen (secondary N) is 1. The van der Waals surface area contributed by atoms with Gasteiger partial charge in [-0.1, -0.05) is 18.2 Å². The molecule has 1 fully saturated rings. The lowest BCUT2D eigenvalue weighted by atomic mass is 10.1. The molecule has 0 unspecified atom stereocenters. The monoisotopic (exact) mass is 205 g/mol. The molecule has 0 saturated carbocycles. The lowest BCUT2D eigenvalue weighted by Gasteiger charge is -2.23. The number of carbonyl (C=O) groups excluding carboxylic acids is 1. The second-order valence-electron chi connectivity index (χ2n) is 3.73. The molecular formula is C12H15NO2. The van der Waals surface area contributed by atoms with Crippen LogP contribution in [0.2, 0.25) is 0 Å². The molecule has 15 heavy (non-hydrogen) atoms. The Hall–Kier alpha value is -1.35. The highest BCUT2D eigenvalue weighted by Crippen LogP contribution is 2.07. The first-order valence-electron chi connectivity index (χ1n) is 5.30. The van der Waals surface area contributed by atoms with Gasteiger partial charge in [0, 0.05) is 24.8 Å². The molecule has 0 aliphatic carbocycles. The van der Waals surface area contributed by atoms with Crippen LogP contribution in [0.25, 0.3) is 0 Å². The molecule has 1 saturated heterocycles. The van der Waals surface area contributed by atoms with Crippen LogP contribution >= 0.6 is 0 Å². The van der Waals surface area contributed by atoms with Gasteiger partial charge in [-0.05, 0) is 25.0 Å². The molecule has 1 heterocycles. The van der Waals surface area contributed by atoms with Crippen molar-refractivity contribution in [2.24, 2.45) is 0 Å². The summed E-state index contributed by atoms with van der Waals surface area (Å²) in [4.78, 5) is 11.8. The molecule has 2 rings (SSSR count). The van der Waals surface area contributed by atoms with E-state index in [2.05, 4.69) is 5.32 Å². The van der Waals surface area contributed by atoms with Gasteiger partial charge in [-0.3, -0.25) is 4.79 Å². The highest BCUT2D eigenvalue weighted by Gasteiger charge is 2.16. The van der Waals surface area contributed by atoms with Crippen LogP contribution in [0.3, 0.4) is 0 Å². The Bertz CT molecular complexity index is 318. The van der Waals surface area contributed by atoms with Gasteiger partial charge in [-0.15, -0.1) is 0 Å². The zero-order valence-corrected chi connectivity index (χ0v) is 8.61. The minimum atomic E-state index is 0.0162. The third-order valence-corrected chi connectivity index (χ3v) is 2.59. The van der Waals surface area contributed by atoms with Gasteiger partial charge in [0.05, 0.1) is 0 Å². The highest BCUT2D eigenvalue weighted by molar-refractivity contribution is 5.94. The van der Waals surface area contributed by atoms with Crippen molar-refractivity contribution in [1.82, 2.24) is 5.32 Å². The molecule has 0 spiro atoms. The van der Waals surface area contributed by atoms with Gasteiger partial charge < -0.3 is 10.1 Å². The van der Waals surface area contributed by atoms with Gasteiger partial charge in [-0.25, -0.2) is 0 Å². The number of rotatable bonds is 2. The van der Waals surface area contributed by atoms with E-state index in [0.717, 1.165) is 31.6 Å². The third-order valence-electron chi connectivity index (χ3n) is 2.59. The molecule has 0 radical (unpaired) electrons. The van der Waals surface area contributed by atoms with Crippen molar-refractivity contribution >= 4 is 5.91 Å². The van der Waals surface area contributed by atoms with Crippen LogP contribution in [0.5, 0.6) is 0 Å². The second-order valence-corrected chi connectivity index (χ2v) is 3.73. The normalized spacial score (nSPS) is 17.3. The summed E-state index contributed by atoms with van der Waals surface area (Å²) < 4.78 is 5.24.